The van der Waals surface area contributed by atoms with Gasteiger partial charge < -0.3 is 24.4 Å². The number of alkyl halides is 2. The first-order chi connectivity index (χ1) is 17.8. The predicted octanol–water partition coefficient (Wildman–Crippen LogP) is 7.24. The molecule has 12 heteroatoms. The lowest BCUT2D eigenvalue weighted by Gasteiger charge is -2.21. The smallest absolute Gasteiger partial charge is 0.387 e. The topological polar surface area (TPSA) is 98.1 Å². The van der Waals surface area contributed by atoms with Crippen LogP contribution in [0.15, 0.2) is 59.8 Å². The molecule has 0 radical (unpaired) electrons. The lowest BCUT2D eigenvalue weighted by atomic mass is 10.0. The molecule has 204 valence electrons. The minimum atomic E-state index is -3.02. The summed E-state index contributed by atoms with van der Waals surface area (Å²) in [5.74, 6) is 0.946. The SMILES string of the molecule is COc1ccccc1SC(=O)O[C@@H](Cc1c(Cl)c[nH+]cc1Cl)c1ccc(OC(F)F)c(OCC2CC2)c1.[OH-]. The number of H-pyrrole nitrogens is 1. The average molecular weight is 588 g/mol. The number of aromatic amines is 1. The summed E-state index contributed by atoms with van der Waals surface area (Å²) in [6.07, 6.45) is 4.43. The number of methoxy groups -OCH3 is 1. The van der Waals surface area contributed by atoms with Crippen molar-refractivity contribution in [3.8, 4) is 17.2 Å². The van der Waals surface area contributed by atoms with Gasteiger partial charge in [0, 0.05) is 12.0 Å². The van der Waals surface area contributed by atoms with Crippen molar-refractivity contribution in [3.63, 3.8) is 0 Å². The van der Waals surface area contributed by atoms with Gasteiger partial charge in [0.05, 0.1) is 18.6 Å². The van der Waals surface area contributed by atoms with E-state index in [4.69, 9.17) is 37.4 Å². The minimum Gasteiger partial charge on any atom is -0.870 e. The number of carbonyl (C=O) groups excluding carboxylic acids is 1. The van der Waals surface area contributed by atoms with Gasteiger partial charge in [-0.3, -0.25) is 0 Å². The Morgan fingerprint density at radius 2 is 1.79 bits per heavy atom. The number of thioether (sulfide) groups is 1. The Hall–Kier alpha value is -2.79. The summed E-state index contributed by atoms with van der Waals surface area (Å²) in [4.78, 5) is 16.4. The molecule has 38 heavy (non-hydrogen) atoms. The second kappa shape index (κ2) is 13.8. The monoisotopic (exact) mass is 587 g/mol. The van der Waals surface area contributed by atoms with Gasteiger partial charge >= 0.3 is 11.9 Å². The summed E-state index contributed by atoms with van der Waals surface area (Å²) >= 11 is 13.6. The zero-order chi connectivity index (χ0) is 26.4. The highest BCUT2D eigenvalue weighted by Crippen LogP contribution is 2.39. The van der Waals surface area contributed by atoms with Crippen LogP contribution < -0.4 is 19.2 Å². The highest BCUT2D eigenvalue weighted by molar-refractivity contribution is 8.13. The van der Waals surface area contributed by atoms with Crippen molar-refractivity contribution in [2.45, 2.75) is 36.9 Å². The highest BCUT2D eigenvalue weighted by Gasteiger charge is 2.26. The second-order valence-electron chi connectivity index (χ2n) is 8.28. The number of pyridine rings is 1. The van der Waals surface area contributed by atoms with Gasteiger partial charge in [-0.05, 0) is 60.4 Å². The van der Waals surface area contributed by atoms with E-state index >= 15 is 0 Å². The van der Waals surface area contributed by atoms with E-state index in [-0.39, 0.29) is 23.4 Å². The first-order valence-corrected chi connectivity index (χ1v) is 13.0. The molecular weight excluding hydrogens is 563 g/mol. The zero-order valence-corrected chi connectivity index (χ0v) is 22.5. The number of ether oxygens (including phenoxy) is 4. The van der Waals surface area contributed by atoms with Gasteiger partial charge in [-0.2, -0.15) is 8.78 Å². The number of nitrogens with one attached hydrogen (secondary N) is 1. The number of aromatic nitrogens is 1. The Morgan fingerprint density at radius 1 is 1.08 bits per heavy atom. The molecule has 2 N–H and O–H groups in total. The fourth-order valence-corrected chi connectivity index (χ4v) is 4.82. The molecule has 3 aromatic rings. The quantitative estimate of drug-likeness (QED) is 0.172. The summed E-state index contributed by atoms with van der Waals surface area (Å²) in [5.41, 5.74) is 1.05. The molecule has 0 bridgehead atoms. The minimum absolute atomic E-state index is 0. The molecule has 0 amide bonds. The normalized spacial score (nSPS) is 13.4. The van der Waals surface area contributed by atoms with E-state index in [0.29, 0.717) is 44.3 Å². The third kappa shape index (κ3) is 8.10. The largest absolute Gasteiger partial charge is 0.870 e. The van der Waals surface area contributed by atoms with Crippen LogP contribution in [0.3, 0.4) is 0 Å². The molecule has 7 nitrogen and oxygen atoms in total. The van der Waals surface area contributed by atoms with E-state index in [2.05, 4.69) is 9.72 Å². The molecule has 1 aliphatic carbocycles. The molecule has 1 aromatic heterocycles. The Kier molecular flexibility index (Phi) is 10.8. The number of benzene rings is 2. The van der Waals surface area contributed by atoms with Crippen molar-refractivity contribution in [2.24, 2.45) is 5.92 Å². The third-order valence-electron chi connectivity index (χ3n) is 5.61. The Bertz CT molecular complexity index is 1230. The number of halogens is 4. The molecule has 0 aliphatic heterocycles. The van der Waals surface area contributed by atoms with Gasteiger partial charge in [0.25, 0.3) is 0 Å². The molecule has 1 atom stereocenters. The van der Waals surface area contributed by atoms with Gasteiger partial charge in [-0.25, -0.2) is 9.78 Å². The Balaban J connectivity index is 0.00000400. The summed E-state index contributed by atoms with van der Waals surface area (Å²) in [7, 11) is 1.51. The van der Waals surface area contributed by atoms with Crippen LogP contribution >= 0.6 is 35.0 Å². The number of hydrogen-bond acceptors (Lipinski definition) is 7. The molecular formula is C26H25Cl2F2NO6S. The van der Waals surface area contributed by atoms with Gasteiger partial charge in [0.1, 0.15) is 21.9 Å². The van der Waals surface area contributed by atoms with Crippen molar-refractivity contribution in [2.75, 3.05) is 13.7 Å². The molecule has 1 fully saturated rings. The standard InChI is InChI=1S/C26H23Cl2F2NO5S.H2O/c1-33-21-4-2-3-5-24(21)37-26(32)36-22(11-17-18(27)12-31-13-19(17)28)16-8-9-20(35-25(29)30)23(10-16)34-14-15-6-7-15;/h2-5,8-10,12-13,15,22,25H,6-7,11,14H2,1H3;1H2/t22-;/m0./s1. The summed E-state index contributed by atoms with van der Waals surface area (Å²) in [6, 6.07) is 11.5. The highest BCUT2D eigenvalue weighted by atomic mass is 35.5. The van der Waals surface area contributed by atoms with E-state index in [1.807, 2.05) is 0 Å². The van der Waals surface area contributed by atoms with E-state index in [0.717, 1.165) is 24.6 Å². The first kappa shape index (κ1) is 29.8. The van der Waals surface area contributed by atoms with Crippen molar-refractivity contribution in [3.05, 3.63) is 76.0 Å². The Labute approximate surface area is 232 Å². The first-order valence-electron chi connectivity index (χ1n) is 11.4. The van der Waals surface area contributed by atoms with Gasteiger partial charge in [0.15, 0.2) is 23.9 Å². The van der Waals surface area contributed by atoms with Gasteiger partial charge in [-0.15, -0.1) is 0 Å². The second-order valence-corrected chi connectivity index (χ2v) is 10.1. The molecule has 0 unspecified atom stereocenters. The molecule has 0 saturated heterocycles. The third-order valence-corrected chi connectivity index (χ3v) is 7.11. The van der Waals surface area contributed by atoms with Crippen LogP contribution in [0.1, 0.15) is 30.1 Å². The molecule has 1 aliphatic rings. The summed E-state index contributed by atoms with van der Waals surface area (Å²) < 4.78 is 47.6. The fourth-order valence-electron chi connectivity index (χ4n) is 3.54. The van der Waals surface area contributed by atoms with E-state index in [1.165, 1.54) is 13.2 Å². The maximum Gasteiger partial charge on any atom is 0.387 e. The van der Waals surface area contributed by atoms with Gasteiger partial charge in [-0.1, -0.05) is 41.4 Å². The van der Waals surface area contributed by atoms with Crippen LogP contribution in [0, 0.1) is 5.92 Å². The maximum absolute atomic E-state index is 13.0. The summed E-state index contributed by atoms with van der Waals surface area (Å²) in [6.45, 7) is -2.64. The van der Waals surface area contributed by atoms with Crippen LogP contribution in [-0.2, 0) is 11.2 Å². The van der Waals surface area contributed by atoms with Crippen LogP contribution in [0.25, 0.3) is 0 Å². The van der Waals surface area contributed by atoms with Crippen molar-refractivity contribution in [1.82, 2.24) is 0 Å². The lowest BCUT2D eigenvalue weighted by Crippen LogP contribution is -2.14. The number of rotatable bonds is 11. The van der Waals surface area contributed by atoms with Gasteiger partial charge in [0.2, 0.25) is 0 Å². The molecule has 4 rings (SSSR count). The predicted molar refractivity (Wildman–Crippen MR) is 138 cm³/mol. The van der Waals surface area contributed by atoms with E-state index in [1.54, 1.807) is 48.8 Å². The van der Waals surface area contributed by atoms with Crippen LogP contribution in [-0.4, -0.2) is 31.1 Å². The van der Waals surface area contributed by atoms with Crippen molar-refractivity contribution in [1.29, 1.82) is 0 Å². The average Bonchev–Trinajstić information content (AvgIpc) is 3.69. The van der Waals surface area contributed by atoms with Crippen LogP contribution in [0.2, 0.25) is 10.0 Å². The van der Waals surface area contributed by atoms with Crippen LogP contribution in [0.4, 0.5) is 13.6 Å². The molecule has 1 saturated carbocycles. The molecule has 2 aromatic carbocycles. The molecule has 0 spiro atoms. The summed E-state index contributed by atoms with van der Waals surface area (Å²) in [5, 5.41) is 0.111. The number of carbonyl (C=O) groups is 1. The number of hydrogen-bond donors (Lipinski definition) is 0. The van der Waals surface area contributed by atoms with E-state index in [9.17, 15) is 13.6 Å². The van der Waals surface area contributed by atoms with E-state index < -0.39 is 18.0 Å². The lowest BCUT2D eigenvalue weighted by molar-refractivity contribution is -0.377. The molecule has 1 heterocycles. The van der Waals surface area contributed by atoms with Crippen molar-refractivity contribution >= 4 is 40.3 Å². The Morgan fingerprint density at radius 3 is 2.45 bits per heavy atom. The number of para-hydroxylation sites is 1. The van der Waals surface area contributed by atoms with Crippen LogP contribution in [0.5, 0.6) is 17.2 Å². The van der Waals surface area contributed by atoms with Crippen molar-refractivity contribution < 1.29 is 43.0 Å². The fraction of sp³-hybridized carbons (Fsp3) is 0.308. The zero-order valence-electron chi connectivity index (χ0n) is 20.2. The maximum atomic E-state index is 13.0.